The molecule has 0 aliphatic heterocycles. The number of halogens is 3. The molecule has 1 nitrogen and oxygen atoms in total. The maximum atomic E-state index is 14.0. The molecule has 0 spiro atoms. The molecule has 100 valence electrons. The van der Waals surface area contributed by atoms with Crippen LogP contribution < -0.4 is 0 Å². The van der Waals surface area contributed by atoms with Gasteiger partial charge in [-0.3, -0.25) is 4.98 Å². The number of hydrogen-bond acceptors (Lipinski definition) is 1. The van der Waals surface area contributed by atoms with E-state index in [2.05, 4.69) is 4.98 Å². The normalized spacial score (nSPS) is 11.3. The molecule has 1 aromatic heterocycles. The molecule has 0 N–H and O–H groups in total. The predicted octanol–water partition coefficient (Wildman–Crippen LogP) is 4.95. The second-order valence-electron chi connectivity index (χ2n) is 4.64. The van der Waals surface area contributed by atoms with Crippen molar-refractivity contribution in [1.82, 2.24) is 4.98 Å². The molecule has 0 aliphatic carbocycles. The maximum Gasteiger partial charge on any atom is 0.263 e. The number of alkyl halides is 2. The summed E-state index contributed by atoms with van der Waals surface area (Å²) in [4.78, 5) is 4.18. The average molecular weight is 265 g/mol. The van der Waals surface area contributed by atoms with Crippen LogP contribution in [0, 0.1) is 5.82 Å². The molecule has 0 aliphatic rings. The Morgan fingerprint density at radius 1 is 1.11 bits per heavy atom. The van der Waals surface area contributed by atoms with Crippen LogP contribution in [0.2, 0.25) is 0 Å². The molecule has 0 saturated heterocycles. The van der Waals surface area contributed by atoms with Crippen molar-refractivity contribution in [3.05, 3.63) is 53.5 Å². The van der Waals surface area contributed by atoms with Gasteiger partial charge in [-0.05, 0) is 29.7 Å². The van der Waals surface area contributed by atoms with E-state index in [1.54, 1.807) is 12.3 Å². The van der Waals surface area contributed by atoms with Crippen molar-refractivity contribution in [2.45, 2.75) is 26.2 Å². The van der Waals surface area contributed by atoms with Gasteiger partial charge in [0.05, 0.1) is 5.69 Å². The fraction of sp³-hybridized carbons (Fsp3) is 0.267. The third-order valence-corrected chi connectivity index (χ3v) is 2.96. The molecule has 0 radical (unpaired) electrons. The zero-order valence-corrected chi connectivity index (χ0v) is 10.7. The topological polar surface area (TPSA) is 12.9 Å². The standard InChI is InChI=1S/C15H14F3N/c1-9(2)11-4-3-7-19-14(11)12-6-5-10(15(17)18)8-13(12)16/h3-9,15H,1-2H3. The first-order valence-corrected chi connectivity index (χ1v) is 6.03. The average Bonchev–Trinajstić information content (AvgIpc) is 2.38. The number of aromatic nitrogens is 1. The second-order valence-corrected chi connectivity index (χ2v) is 4.64. The van der Waals surface area contributed by atoms with Gasteiger partial charge in [0.25, 0.3) is 6.43 Å². The SMILES string of the molecule is CC(C)c1cccnc1-c1ccc(C(F)F)cc1F. The molecule has 19 heavy (non-hydrogen) atoms. The molecule has 1 aromatic carbocycles. The Hall–Kier alpha value is -1.84. The van der Waals surface area contributed by atoms with Gasteiger partial charge in [-0.2, -0.15) is 0 Å². The lowest BCUT2D eigenvalue weighted by Crippen LogP contribution is -1.98. The van der Waals surface area contributed by atoms with E-state index in [1.165, 1.54) is 12.1 Å². The summed E-state index contributed by atoms with van der Waals surface area (Å²) in [6.45, 7) is 3.96. The minimum Gasteiger partial charge on any atom is -0.256 e. The Morgan fingerprint density at radius 3 is 2.42 bits per heavy atom. The van der Waals surface area contributed by atoms with Crippen LogP contribution in [0.3, 0.4) is 0 Å². The van der Waals surface area contributed by atoms with Crippen LogP contribution in [-0.4, -0.2) is 4.98 Å². The fourth-order valence-corrected chi connectivity index (χ4v) is 1.97. The molecular weight excluding hydrogens is 251 g/mol. The molecule has 4 heteroatoms. The summed E-state index contributed by atoms with van der Waals surface area (Å²) in [5.41, 5.74) is 1.35. The Balaban J connectivity index is 2.54. The van der Waals surface area contributed by atoms with Crippen molar-refractivity contribution in [3.8, 4) is 11.3 Å². The van der Waals surface area contributed by atoms with Crippen LogP contribution in [0.25, 0.3) is 11.3 Å². The molecule has 0 atom stereocenters. The Morgan fingerprint density at radius 2 is 1.84 bits per heavy atom. The molecule has 0 unspecified atom stereocenters. The second kappa shape index (κ2) is 5.43. The Labute approximate surface area is 110 Å². The summed E-state index contributed by atoms with van der Waals surface area (Å²) in [5.74, 6) is -0.490. The van der Waals surface area contributed by atoms with Crippen molar-refractivity contribution >= 4 is 0 Å². The third kappa shape index (κ3) is 2.78. The van der Waals surface area contributed by atoms with Crippen molar-refractivity contribution in [3.63, 3.8) is 0 Å². The minimum absolute atomic E-state index is 0.179. The van der Waals surface area contributed by atoms with Gasteiger partial charge in [-0.1, -0.05) is 26.0 Å². The van der Waals surface area contributed by atoms with Gasteiger partial charge in [0, 0.05) is 17.3 Å². The van der Waals surface area contributed by atoms with E-state index < -0.39 is 12.2 Å². The van der Waals surface area contributed by atoms with Gasteiger partial charge in [0.2, 0.25) is 0 Å². The lowest BCUT2D eigenvalue weighted by molar-refractivity contribution is 0.151. The van der Waals surface area contributed by atoms with E-state index in [0.29, 0.717) is 5.69 Å². The number of hydrogen-bond donors (Lipinski definition) is 0. The highest BCUT2D eigenvalue weighted by atomic mass is 19.3. The van der Waals surface area contributed by atoms with Crippen molar-refractivity contribution < 1.29 is 13.2 Å². The molecule has 1 heterocycles. The summed E-state index contributed by atoms with van der Waals surface area (Å²) < 4.78 is 39.0. The summed E-state index contributed by atoms with van der Waals surface area (Å²) in [6, 6.07) is 7.13. The lowest BCUT2D eigenvalue weighted by Gasteiger charge is -2.12. The van der Waals surface area contributed by atoms with Crippen LogP contribution in [0.15, 0.2) is 36.5 Å². The smallest absolute Gasteiger partial charge is 0.256 e. The number of nitrogens with zero attached hydrogens (tertiary/aromatic N) is 1. The van der Waals surface area contributed by atoms with E-state index in [-0.39, 0.29) is 17.0 Å². The largest absolute Gasteiger partial charge is 0.263 e. The zero-order chi connectivity index (χ0) is 14.0. The van der Waals surface area contributed by atoms with Gasteiger partial charge < -0.3 is 0 Å². The third-order valence-electron chi connectivity index (χ3n) is 2.96. The maximum absolute atomic E-state index is 14.0. The summed E-state index contributed by atoms with van der Waals surface area (Å²) >= 11 is 0. The summed E-state index contributed by atoms with van der Waals surface area (Å²) in [6.07, 6.45) is -1.10. The highest BCUT2D eigenvalue weighted by Crippen LogP contribution is 2.31. The number of benzene rings is 1. The van der Waals surface area contributed by atoms with E-state index in [1.807, 2.05) is 19.9 Å². The Bertz CT molecular complexity index is 579. The van der Waals surface area contributed by atoms with Crippen LogP contribution >= 0.6 is 0 Å². The molecule has 0 fully saturated rings. The lowest BCUT2D eigenvalue weighted by atomic mass is 9.96. The molecule has 0 saturated carbocycles. The number of pyridine rings is 1. The first-order valence-electron chi connectivity index (χ1n) is 6.03. The minimum atomic E-state index is -2.67. The number of rotatable bonds is 3. The van der Waals surface area contributed by atoms with Crippen molar-refractivity contribution in [1.29, 1.82) is 0 Å². The molecule has 0 bridgehead atoms. The first-order chi connectivity index (χ1) is 9.00. The van der Waals surface area contributed by atoms with Gasteiger partial charge in [-0.15, -0.1) is 0 Å². The van der Waals surface area contributed by atoms with Crippen molar-refractivity contribution in [2.75, 3.05) is 0 Å². The van der Waals surface area contributed by atoms with E-state index in [9.17, 15) is 13.2 Å². The van der Waals surface area contributed by atoms with Crippen LogP contribution in [0.1, 0.15) is 37.3 Å². The van der Waals surface area contributed by atoms with Gasteiger partial charge in [0.15, 0.2) is 0 Å². The van der Waals surface area contributed by atoms with Crippen LogP contribution in [0.4, 0.5) is 13.2 Å². The predicted molar refractivity (Wildman–Crippen MR) is 68.7 cm³/mol. The highest BCUT2D eigenvalue weighted by Gasteiger charge is 2.16. The van der Waals surface area contributed by atoms with Crippen LogP contribution in [-0.2, 0) is 0 Å². The van der Waals surface area contributed by atoms with E-state index in [0.717, 1.165) is 11.6 Å². The zero-order valence-electron chi connectivity index (χ0n) is 10.7. The summed E-state index contributed by atoms with van der Waals surface area (Å²) in [5, 5.41) is 0. The molecular formula is C15H14F3N. The van der Waals surface area contributed by atoms with Gasteiger partial charge in [-0.25, -0.2) is 13.2 Å². The van der Waals surface area contributed by atoms with E-state index in [4.69, 9.17) is 0 Å². The van der Waals surface area contributed by atoms with Crippen molar-refractivity contribution in [2.24, 2.45) is 0 Å². The van der Waals surface area contributed by atoms with E-state index >= 15 is 0 Å². The fourth-order valence-electron chi connectivity index (χ4n) is 1.97. The Kier molecular flexibility index (Phi) is 3.88. The quantitative estimate of drug-likeness (QED) is 0.765. The first kappa shape index (κ1) is 13.6. The highest BCUT2D eigenvalue weighted by molar-refractivity contribution is 5.64. The monoisotopic (exact) mass is 265 g/mol. The molecule has 2 rings (SSSR count). The molecule has 0 amide bonds. The van der Waals surface area contributed by atoms with Crippen LogP contribution in [0.5, 0.6) is 0 Å². The van der Waals surface area contributed by atoms with Gasteiger partial charge >= 0.3 is 0 Å². The summed E-state index contributed by atoms with van der Waals surface area (Å²) in [7, 11) is 0. The molecule has 2 aromatic rings. The van der Waals surface area contributed by atoms with Gasteiger partial charge in [0.1, 0.15) is 5.82 Å².